The van der Waals surface area contributed by atoms with Crippen LogP contribution >= 0.6 is 34.8 Å². The van der Waals surface area contributed by atoms with Crippen LogP contribution in [0, 0.1) is 6.92 Å². The fourth-order valence-corrected chi connectivity index (χ4v) is 6.31. The zero-order chi connectivity index (χ0) is 30.2. The van der Waals surface area contributed by atoms with E-state index in [9.17, 15) is 18.0 Å². The molecule has 7 nitrogen and oxygen atoms in total. The molecule has 0 saturated heterocycles. The zero-order valence-electron chi connectivity index (χ0n) is 23.2. The number of nitrogens with zero attached hydrogens (tertiary/aromatic N) is 2. The van der Waals surface area contributed by atoms with Gasteiger partial charge in [0.25, 0.3) is 10.0 Å². The average molecular weight is 639 g/mol. The normalized spacial score (nSPS) is 12.0. The smallest absolute Gasteiger partial charge is 0.264 e. The summed E-state index contributed by atoms with van der Waals surface area (Å²) in [4.78, 5) is 28.8. The third-order valence-corrected chi connectivity index (χ3v) is 9.39. The van der Waals surface area contributed by atoms with Crippen molar-refractivity contribution in [1.29, 1.82) is 0 Å². The number of unbranched alkanes of at least 4 members (excludes halogenated alkanes) is 1. The van der Waals surface area contributed by atoms with Gasteiger partial charge in [0, 0.05) is 13.1 Å². The summed E-state index contributed by atoms with van der Waals surface area (Å²) in [5, 5.41) is 3.72. The van der Waals surface area contributed by atoms with Gasteiger partial charge in [-0.05, 0) is 61.7 Å². The molecule has 0 saturated carbocycles. The third kappa shape index (κ3) is 8.38. The van der Waals surface area contributed by atoms with Crippen molar-refractivity contribution in [2.24, 2.45) is 0 Å². The predicted molar refractivity (Wildman–Crippen MR) is 166 cm³/mol. The summed E-state index contributed by atoms with van der Waals surface area (Å²) in [6, 6.07) is 16.9. The molecule has 0 fully saturated rings. The Bertz CT molecular complexity index is 1470. The van der Waals surface area contributed by atoms with Crippen molar-refractivity contribution >= 4 is 62.3 Å². The zero-order valence-corrected chi connectivity index (χ0v) is 26.3. The molecule has 0 aliphatic rings. The van der Waals surface area contributed by atoms with Gasteiger partial charge in [0.1, 0.15) is 12.6 Å². The molecule has 220 valence electrons. The van der Waals surface area contributed by atoms with E-state index in [1.54, 1.807) is 61.5 Å². The van der Waals surface area contributed by atoms with Crippen molar-refractivity contribution in [1.82, 2.24) is 10.2 Å². The summed E-state index contributed by atoms with van der Waals surface area (Å²) in [5.74, 6) is -0.899. The van der Waals surface area contributed by atoms with E-state index in [1.807, 2.05) is 13.8 Å². The Labute approximate surface area is 257 Å². The van der Waals surface area contributed by atoms with Crippen LogP contribution in [0.3, 0.4) is 0 Å². The van der Waals surface area contributed by atoms with E-state index in [-0.39, 0.29) is 28.1 Å². The first-order chi connectivity index (χ1) is 19.5. The molecule has 0 radical (unpaired) electrons. The molecule has 1 N–H and O–H groups in total. The van der Waals surface area contributed by atoms with E-state index in [1.165, 1.54) is 17.0 Å². The lowest BCUT2D eigenvalue weighted by atomic mass is 10.1. The molecule has 41 heavy (non-hydrogen) atoms. The van der Waals surface area contributed by atoms with Crippen molar-refractivity contribution in [3.63, 3.8) is 0 Å². The van der Waals surface area contributed by atoms with E-state index in [2.05, 4.69) is 5.32 Å². The molecule has 3 aromatic carbocycles. The molecular weight excluding hydrogens is 605 g/mol. The summed E-state index contributed by atoms with van der Waals surface area (Å²) in [5.41, 5.74) is 1.67. The van der Waals surface area contributed by atoms with Gasteiger partial charge in [-0.1, -0.05) is 91.0 Å². The third-order valence-electron chi connectivity index (χ3n) is 6.56. The maximum absolute atomic E-state index is 14.1. The molecule has 0 bridgehead atoms. The number of amides is 2. The molecule has 0 unspecified atom stereocenters. The molecule has 3 aromatic rings. The number of aryl methyl sites for hydroxylation is 1. The molecule has 0 aliphatic carbocycles. The molecular formula is C30H34Cl3N3O4S. The lowest BCUT2D eigenvalue weighted by Gasteiger charge is -2.33. The highest BCUT2D eigenvalue weighted by atomic mass is 35.5. The Hall–Kier alpha value is -2.78. The number of hydrogen-bond acceptors (Lipinski definition) is 4. The number of carbonyl (C=O) groups excluding carboxylic acids is 2. The average Bonchev–Trinajstić information content (AvgIpc) is 2.94. The molecule has 3 rings (SSSR count). The van der Waals surface area contributed by atoms with E-state index in [4.69, 9.17) is 34.8 Å². The summed E-state index contributed by atoms with van der Waals surface area (Å²) in [7, 11) is -4.22. The molecule has 0 aromatic heterocycles. The number of anilines is 1. The second-order valence-corrected chi connectivity index (χ2v) is 12.7. The topological polar surface area (TPSA) is 86.8 Å². The van der Waals surface area contributed by atoms with Crippen LogP contribution in [0.15, 0.2) is 71.6 Å². The van der Waals surface area contributed by atoms with Gasteiger partial charge in [-0.3, -0.25) is 13.9 Å². The number of benzene rings is 3. The maximum atomic E-state index is 14.1. The standard InChI is InChI=1S/C30H34Cl3N3O4S/c1-4-6-17-34-30(38)27(5-2)35(19-22-13-16-24(31)26(33)18-22)29(37)20-36(28-10-8-7-9-25(28)32)41(39,40)23-14-11-21(3)12-15-23/h7-16,18,27H,4-6,17,19-20H2,1-3H3,(H,34,38)/t27-/m0/s1. The molecule has 0 heterocycles. The molecule has 2 amide bonds. The van der Waals surface area contributed by atoms with Gasteiger partial charge < -0.3 is 10.2 Å². The summed E-state index contributed by atoms with van der Waals surface area (Å²) in [6.45, 7) is 5.56. The van der Waals surface area contributed by atoms with Crippen molar-refractivity contribution in [3.05, 3.63) is 92.9 Å². The lowest BCUT2D eigenvalue weighted by molar-refractivity contribution is -0.140. The number of para-hydroxylation sites is 1. The van der Waals surface area contributed by atoms with Gasteiger partial charge in [0.15, 0.2) is 0 Å². The predicted octanol–water partition coefficient (Wildman–Crippen LogP) is 6.87. The van der Waals surface area contributed by atoms with Crippen LogP contribution in [0.1, 0.15) is 44.2 Å². The Morgan fingerprint density at radius 2 is 1.59 bits per heavy atom. The highest BCUT2D eigenvalue weighted by molar-refractivity contribution is 7.92. The van der Waals surface area contributed by atoms with Gasteiger partial charge >= 0.3 is 0 Å². The van der Waals surface area contributed by atoms with Gasteiger partial charge in [-0.15, -0.1) is 0 Å². The van der Waals surface area contributed by atoms with Crippen LogP contribution in [0.25, 0.3) is 0 Å². The molecule has 0 aliphatic heterocycles. The Balaban J connectivity index is 2.06. The highest BCUT2D eigenvalue weighted by Gasteiger charge is 2.34. The SMILES string of the molecule is CCCCNC(=O)[C@H](CC)N(Cc1ccc(Cl)c(Cl)c1)C(=O)CN(c1ccccc1Cl)S(=O)(=O)c1ccc(C)cc1. The van der Waals surface area contributed by atoms with Crippen LogP contribution in [0.2, 0.25) is 15.1 Å². The molecule has 1 atom stereocenters. The monoisotopic (exact) mass is 637 g/mol. The Morgan fingerprint density at radius 1 is 0.902 bits per heavy atom. The molecule has 11 heteroatoms. The first kappa shape index (κ1) is 32.7. The number of nitrogens with one attached hydrogen (secondary N) is 1. The second kappa shape index (κ2) is 14.9. The summed E-state index contributed by atoms with van der Waals surface area (Å²) >= 11 is 18.8. The fraction of sp³-hybridized carbons (Fsp3) is 0.333. The van der Waals surface area contributed by atoms with Crippen molar-refractivity contribution in [2.75, 3.05) is 17.4 Å². The first-order valence-electron chi connectivity index (χ1n) is 13.3. The van der Waals surface area contributed by atoms with Crippen LogP contribution in [0.5, 0.6) is 0 Å². The minimum Gasteiger partial charge on any atom is -0.354 e. The van der Waals surface area contributed by atoms with Crippen molar-refractivity contribution in [3.8, 4) is 0 Å². The van der Waals surface area contributed by atoms with Gasteiger partial charge in [-0.2, -0.15) is 0 Å². The number of halogens is 3. The Kier molecular flexibility index (Phi) is 11.9. The number of sulfonamides is 1. The van der Waals surface area contributed by atoms with Crippen molar-refractivity contribution in [2.45, 2.75) is 57.5 Å². The van der Waals surface area contributed by atoms with Crippen LogP contribution in [-0.2, 0) is 26.2 Å². The van der Waals surface area contributed by atoms with E-state index < -0.39 is 28.5 Å². The van der Waals surface area contributed by atoms with Crippen molar-refractivity contribution < 1.29 is 18.0 Å². The van der Waals surface area contributed by atoms with Crippen LogP contribution in [-0.4, -0.2) is 44.3 Å². The molecule has 0 spiro atoms. The van der Waals surface area contributed by atoms with E-state index >= 15 is 0 Å². The Morgan fingerprint density at radius 3 is 2.20 bits per heavy atom. The first-order valence-corrected chi connectivity index (χ1v) is 15.9. The second-order valence-electron chi connectivity index (χ2n) is 9.61. The number of carbonyl (C=O) groups is 2. The minimum absolute atomic E-state index is 0.0103. The van der Waals surface area contributed by atoms with Gasteiger partial charge in [-0.25, -0.2) is 8.42 Å². The van der Waals surface area contributed by atoms with Gasteiger partial charge in [0.2, 0.25) is 11.8 Å². The fourth-order valence-electron chi connectivity index (χ4n) is 4.27. The largest absolute Gasteiger partial charge is 0.354 e. The minimum atomic E-state index is -4.22. The summed E-state index contributed by atoms with van der Waals surface area (Å²) in [6.07, 6.45) is 1.99. The van der Waals surface area contributed by atoms with Crippen LogP contribution in [0.4, 0.5) is 5.69 Å². The maximum Gasteiger partial charge on any atom is 0.264 e. The lowest BCUT2D eigenvalue weighted by Crippen LogP contribution is -2.52. The van der Waals surface area contributed by atoms with E-state index in [0.717, 1.165) is 22.7 Å². The number of rotatable bonds is 13. The van der Waals surface area contributed by atoms with E-state index in [0.29, 0.717) is 28.6 Å². The number of hydrogen-bond donors (Lipinski definition) is 1. The quantitative estimate of drug-likeness (QED) is 0.207. The van der Waals surface area contributed by atoms with Gasteiger partial charge in [0.05, 0.1) is 25.7 Å². The summed E-state index contributed by atoms with van der Waals surface area (Å²) < 4.78 is 28.8. The highest BCUT2D eigenvalue weighted by Crippen LogP contribution is 2.31. The van der Waals surface area contributed by atoms with Crippen LogP contribution < -0.4 is 9.62 Å².